The summed E-state index contributed by atoms with van der Waals surface area (Å²) in [7, 11) is 0. The average Bonchev–Trinajstić information content (AvgIpc) is 3.10. The molecule has 1 amide bonds. The molecule has 1 N–H and O–H groups in total. The fourth-order valence-corrected chi connectivity index (χ4v) is 3.31. The molecule has 3 rings (SSSR count). The zero-order chi connectivity index (χ0) is 17.4. The van der Waals surface area contributed by atoms with E-state index in [4.69, 9.17) is 27.6 Å². The van der Waals surface area contributed by atoms with E-state index >= 15 is 0 Å². The van der Waals surface area contributed by atoms with Crippen molar-refractivity contribution in [2.24, 2.45) is 0 Å². The Morgan fingerprint density at radius 2 is 2.08 bits per heavy atom. The summed E-state index contributed by atoms with van der Waals surface area (Å²) in [6.07, 6.45) is 1.49. The van der Waals surface area contributed by atoms with E-state index in [0.29, 0.717) is 21.4 Å². The second kappa shape index (κ2) is 6.34. The largest absolute Gasteiger partial charge is 0.503 e. The first kappa shape index (κ1) is 16.6. The number of halogens is 2. The molecule has 1 atom stereocenters. The number of Topliss-reactive ketones (excluding diaryl/α,β-unsaturated/α-hetero) is 1. The van der Waals surface area contributed by atoms with Crippen LogP contribution in [-0.4, -0.2) is 21.7 Å². The molecule has 0 spiro atoms. The topological polar surface area (TPSA) is 70.8 Å². The maximum Gasteiger partial charge on any atom is 0.290 e. The van der Waals surface area contributed by atoms with E-state index in [1.807, 2.05) is 0 Å². The van der Waals surface area contributed by atoms with Crippen LogP contribution in [0.1, 0.15) is 24.3 Å². The lowest BCUT2D eigenvalue weighted by molar-refractivity contribution is -0.130. The molecule has 1 aliphatic heterocycles. The third-order valence-corrected chi connectivity index (χ3v) is 4.41. The van der Waals surface area contributed by atoms with Crippen molar-refractivity contribution in [3.63, 3.8) is 0 Å². The molecule has 124 valence electrons. The van der Waals surface area contributed by atoms with Crippen LogP contribution in [0.3, 0.4) is 0 Å². The molecule has 0 fully saturated rings. The summed E-state index contributed by atoms with van der Waals surface area (Å²) in [4.78, 5) is 25.8. The molecular weight excluding hydrogens is 353 g/mol. The number of amides is 1. The molecule has 1 aromatic heterocycles. The molecule has 0 saturated heterocycles. The predicted octanol–water partition coefficient (Wildman–Crippen LogP) is 4.07. The van der Waals surface area contributed by atoms with Crippen molar-refractivity contribution in [2.45, 2.75) is 19.5 Å². The van der Waals surface area contributed by atoms with E-state index in [1.54, 1.807) is 24.3 Å². The van der Waals surface area contributed by atoms with Gasteiger partial charge < -0.3 is 14.4 Å². The van der Waals surface area contributed by atoms with Gasteiger partial charge in [0.05, 0.1) is 24.4 Å². The highest BCUT2D eigenvalue weighted by atomic mass is 35.5. The van der Waals surface area contributed by atoms with Gasteiger partial charge in [-0.25, -0.2) is 0 Å². The lowest BCUT2D eigenvalue weighted by Gasteiger charge is -2.26. The maximum atomic E-state index is 12.5. The van der Waals surface area contributed by atoms with E-state index in [1.165, 1.54) is 24.2 Å². The van der Waals surface area contributed by atoms with Gasteiger partial charge in [0.25, 0.3) is 5.91 Å². The van der Waals surface area contributed by atoms with Gasteiger partial charge in [-0.05, 0) is 36.8 Å². The molecule has 2 heterocycles. The van der Waals surface area contributed by atoms with Crippen molar-refractivity contribution in [3.8, 4) is 0 Å². The van der Waals surface area contributed by atoms with E-state index in [0.717, 1.165) is 0 Å². The van der Waals surface area contributed by atoms with Crippen LogP contribution in [0.4, 0.5) is 0 Å². The van der Waals surface area contributed by atoms with Crippen molar-refractivity contribution < 1.29 is 19.1 Å². The number of ketones is 1. The fraction of sp³-hybridized carbons (Fsp3) is 0.176. The summed E-state index contributed by atoms with van der Waals surface area (Å²) in [6.45, 7) is 1.39. The first-order valence-corrected chi connectivity index (χ1v) is 7.88. The van der Waals surface area contributed by atoms with Crippen molar-refractivity contribution in [1.82, 2.24) is 4.90 Å². The minimum Gasteiger partial charge on any atom is -0.503 e. The molecular formula is C17H13Cl2NO4. The summed E-state index contributed by atoms with van der Waals surface area (Å²) in [5.41, 5.74) is 0.519. The molecule has 5 nitrogen and oxygen atoms in total. The van der Waals surface area contributed by atoms with E-state index in [-0.39, 0.29) is 12.1 Å². The normalized spacial score (nSPS) is 17.7. The SMILES string of the molecule is CC(=O)C1=C(O)C(=O)N(Cc2ccco2)C1c1ccc(Cl)cc1Cl. The van der Waals surface area contributed by atoms with Crippen LogP contribution in [0.15, 0.2) is 52.3 Å². The number of nitrogens with zero attached hydrogens (tertiary/aromatic N) is 1. The van der Waals surface area contributed by atoms with Gasteiger partial charge in [-0.3, -0.25) is 9.59 Å². The Kier molecular flexibility index (Phi) is 4.39. The standard InChI is InChI=1S/C17H13Cl2NO4/c1-9(21)14-15(12-5-4-10(18)7-13(12)19)20(17(23)16(14)22)8-11-3-2-6-24-11/h2-7,15,22H,8H2,1H3. The van der Waals surface area contributed by atoms with Gasteiger partial charge >= 0.3 is 0 Å². The number of benzene rings is 1. The van der Waals surface area contributed by atoms with Crippen LogP contribution in [0, 0.1) is 0 Å². The second-order valence-electron chi connectivity index (χ2n) is 5.40. The molecule has 2 aromatic rings. The zero-order valence-corrected chi connectivity index (χ0v) is 14.1. The highest BCUT2D eigenvalue weighted by Gasteiger charge is 2.43. The number of furan rings is 1. The molecule has 1 aromatic carbocycles. The molecule has 0 bridgehead atoms. The first-order valence-electron chi connectivity index (χ1n) is 7.12. The summed E-state index contributed by atoms with van der Waals surface area (Å²) in [6, 6.07) is 7.38. The minimum atomic E-state index is -0.801. The van der Waals surface area contributed by atoms with Gasteiger partial charge in [0, 0.05) is 10.0 Å². The summed E-state index contributed by atoms with van der Waals surface area (Å²) in [5, 5.41) is 10.9. The minimum absolute atomic E-state index is 0.00998. The first-order chi connectivity index (χ1) is 11.4. The summed E-state index contributed by atoms with van der Waals surface area (Å²) < 4.78 is 5.28. The van der Waals surface area contributed by atoms with E-state index < -0.39 is 23.5 Å². The van der Waals surface area contributed by atoms with Gasteiger partial charge in [0.1, 0.15) is 5.76 Å². The number of rotatable bonds is 4. The van der Waals surface area contributed by atoms with Crippen LogP contribution in [0.25, 0.3) is 0 Å². The third-order valence-electron chi connectivity index (χ3n) is 3.85. The highest BCUT2D eigenvalue weighted by Crippen LogP contribution is 2.41. The third kappa shape index (κ3) is 2.81. The average molecular weight is 366 g/mol. The lowest BCUT2D eigenvalue weighted by atomic mass is 9.96. The smallest absolute Gasteiger partial charge is 0.290 e. The lowest BCUT2D eigenvalue weighted by Crippen LogP contribution is -2.30. The Bertz CT molecular complexity index is 842. The molecule has 0 saturated carbocycles. The maximum absolute atomic E-state index is 12.5. The molecule has 1 unspecified atom stereocenters. The predicted molar refractivity (Wildman–Crippen MR) is 88.8 cm³/mol. The number of carbonyl (C=O) groups is 2. The van der Waals surface area contributed by atoms with Crippen LogP contribution in [0.2, 0.25) is 10.0 Å². The second-order valence-corrected chi connectivity index (χ2v) is 6.24. The van der Waals surface area contributed by atoms with Gasteiger partial charge in [-0.1, -0.05) is 29.3 Å². The van der Waals surface area contributed by atoms with E-state index in [9.17, 15) is 14.7 Å². The zero-order valence-electron chi connectivity index (χ0n) is 12.6. The van der Waals surface area contributed by atoms with E-state index in [2.05, 4.69) is 0 Å². The molecule has 0 aliphatic carbocycles. The number of hydrogen-bond donors (Lipinski definition) is 1. The Morgan fingerprint density at radius 1 is 1.33 bits per heavy atom. The fourth-order valence-electron chi connectivity index (χ4n) is 2.79. The van der Waals surface area contributed by atoms with Crippen LogP contribution in [0.5, 0.6) is 0 Å². The molecule has 1 aliphatic rings. The van der Waals surface area contributed by atoms with Crippen LogP contribution >= 0.6 is 23.2 Å². The van der Waals surface area contributed by atoms with Crippen LogP contribution in [-0.2, 0) is 16.1 Å². The van der Waals surface area contributed by atoms with Gasteiger partial charge in [0.2, 0.25) is 0 Å². The number of aliphatic hydroxyl groups excluding tert-OH is 1. The van der Waals surface area contributed by atoms with Crippen molar-refractivity contribution >= 4 is 34.9 Å². The van der Waals surface area contributed by atoms with Gasteiger partial charge in [0.15, 0.2) is 11.5 Å². The van der Waals surface area contributed by atoms with Crippen molar-refractivity contribution in [3.05, 3.63) is 69.3 Å². The Morgan fingerprint density at radius 3 is 2.67 bits per heavy atom. The quantitative estimate of drug-likeness (QED) is 0.886. The number of aliphatic hydroxyl groups is 1. The number of carbonyl (C=O) groups excluding carboxylic acids is 2. The van der Waals surface area contributed by atoms with Gasteiger partial charge in [-0.15, -0.1) is 0 Å². The van der Waals surface area contributed by atoms with Crippen molar-refractivity contribution in [2.75, 3.05) is 0 Å². The molecule has 7 heteroatoms. The Balaban J connectivity index is 2.10. The Labute approximate surface area is 148 Å². The van der Waals surface area contributed by atoms with Gasteiger partial charge in [-0.2, -0.15) is 0 Å². The van der Waals surface area contributed by atoms with Crippen molar-refractivity contribution in [1.29, 1.82) is 0 Å². The monoisotopic (exact) mass is 365 g/mol. The molecule has 24 heavy (non-hydrogen) atoms. The molecule has 0 radical (unpaired) electrons. The number of hydrogen-bond acceptors (Lipinski definition) is 4. The Hall–Kier alpha value is -2.24. The highest BCUT2D eigenvalue weighted by molar-refractivity contribution is 6.35. The van der Waals surface area contributed by atoms with Crippen LogP contribution < -0.4 is 0 Å². The summed E-state index contributed by atoms with van der Waals surface area (Å²) in [5.74, 6) is -1.09. The summed E-state index contributed by atoms with van der Waals surface area (Å²) >= 11 is 12.2.